The number of hydrogen-bond donors (Lipinski definition) is 1. The van der Waals surface area contributed by atoms with E-state index in [1.54, 1.807) is 12.5 Å². The Balaban J connectivity index is 2.27. The topological polar surface area (TPSA) is 25.2 Å². The SMILES string of the molecule is CCCNC(c1ccoc1)c1cccc(Cl)c1. The van der Waals surface area contributed by atoms with Crippen LogP contribution in [0, 0.1) is 0 Å². The second-order valence-corrected chi connectivity index (χ2v) is 4.44. The monoisotopic (exact) mass is 249 g/mol. The highest BCUT2D eigenvalue weighted by Gasteiger charge is 2.14. The molecular formula is C14H16ClNO. The van der Waals surface area contributed by atoms with E-state index in [-0.39, 0.29) is 6.04 Å². The van der Waals surface area contributed by atoms with Crippen LogP contribution in [0.1, 0.15) is 30.5 Å². The van der Waals surface area contributed by atoms with Gasteiger partial charge in [0.25, 0.3) is 0 Å². The van der Waals surface area contributed by atoms with Crippen molar-refractivity contribution in [2.45, 2.75) is 19.4 Å². The molecule has 0 spiro atoms. The first-order valence-electron chi connectivity index (χ1n) is 5.82. The van der Waals surface area contributed by atoms with Crippen molar-refractivity contribution in [3.05, 3.63) is 59.0 Å². The van der Waals surface area contributed by atoms with Gasteiger partial charge in [0, 0.05) is 10.6 Å². The normalized spacial score (nSPS) is 12.6. The maximum atomic E-state index is 6.03. The Labute approximate surface area is 107 Å². The van der Waals surface area contributed by atoms with Crippen LogP contribution in [0.4, 0.5) is 0 Å². The lowest BCUT2D eigenvalue weighted by Gasteiger charge is -2.17. The van der Waals surface area contributed by atoms with Gasteiger partial charge in [0.1, 0.15) is 0 Å². The Morgan fingerprint density at radius 2 is 2.18 bits per heavy atom. The van der Waals surface area contributed by atoms with Crippen LogP contribution in [0.5, 0.6) is 0 Å². The Morgan fingerprint density at radius 3 is 2.82 bits per heavy atom. The Bertz CT molecular complexity index is 453. The van der Waals surface area contributed by atoms with Crippen LogP contribution in [0.15, 0.2) is 47.3 Å². The fourth-order valence-corrected chi connectivity index (χ4v) is 2.04. The minimum absolute atomic E-state index is 0.146. The first-order chi connectivity index (χ1) is 8.31. The van der Waals surface area contributed by atoms with E-state index in [2.05, 4.69) is 18.3 Å². The number of benzene rings is 1. The second-order valence-electron chi connectivity index (χ2n) is 4.00. The summed E-state index contributed by atoms with van der Waals surface area (Å²) in [6, 6.07) is 10.0. The summed E-state index contributed by atoms with van der Waals surface area (Å²) in [5.41, 5.74) is 2.29. The molecule has 0 aliphatic heterocycles. The molecular weight excluding hydrogens is 234 g/mol. The van der Waals surface area contributed by atoms with Crippen molar-refractivity contribution in [3.8, 4) is 0 Å². The van der Waals surface area contributed by atoms with Crippen LogP contribution in [-0.4, -0.2) is 6.54 Å². The molecule has 2 rings (SSSR count). The molecule has 90 valence electrons. The van der Waals surface area contributed by atoms with E-state index in [0.29, 0.717) is 0 Å². The zero-order valence-electron chi connectivity index (χ0n) is 9.82. The van der Waals surface area contributed by atoms with Crippen molar-refractivity contribution >= 4 is 11.6 Å². The van der Waals surface area contributed by atoms with Gasteiger partial charge in [-0.3, -0.25) is 0 Å². The number of halogens is 1. The second kappa shape index (κ2) is 5.89. The Hall–Kier alpha value is -1.25. The molecule has 1 aromatic carbocycles. The molecule has 0 aliphatic rings. The highest BCUT2D eigenvalue weighted by atomic mass is 35.5. The summed E-state index contributed by atoms with van der Waals surface area (Å²) in [7, 11) is 0. The first-order valence-corrected chi connectivity index (χ1v) is 6.20. The maximum absolute atomic E-state index is 6.03. The van der Waals surface area contributed by atoms with Gasteiger partial charge >= 0.3 is 0 Å². The van der Waals surface area contributed by atoms with Gasteiger partial charge in [-0.05, 0) is 36.7 Å². The molecule has 0 radical (unpaired) electrons. The third kappa shape index (κ3) is 3.11. The van der Waals surface area contributed by atoms with Gasteiger partial charge in [-0.15, -0.1) is 0 Å². The van der Waals surface area contributed by atoms with Crippen molar-refractivity contribution in [2.75, 3.05) is 6.54 Å². The van der Waals surface area contributed by atoms with Crippen LogP contribution >= 0.6 is 11.6 Å². The van der Waals surface area contributed by atoms with Crippen LogP contribution in [-0.2, 0) is 0 Å². The minimum Gasteiger partial charge on any atom is -0.472 e. The third-order valence-corrected chi connectivity index (χ3v) is 2.89. The number of rotatable bonds is 5. The standard InChI is InChI=1S/C14H16ClNO/c1-2-7-16-14(12-6-8-17-10-12)11-4-3-5-13(15)9-11/h3-6,8-10,14,16H,2,7H2,1H3. The van der Waals surface area contributed by atoms with Crippen LogP contribution in [0.2, 0.25) is 5.02 Å². The zero-order chi connectivity index (χ0) is 12.1. The van der Waals surface area contributed by atoms with Crippen LogP contribution < -0.4 is 5.32 Å². The van der Waals surface area contributed by atoms with Gasteiger partial charge in [0.15, 0.2) is 0 Å². The molecule has 0 saturated heterocycles. The van der Waals surface area contributed by atoms with E-state index < -0.39 is 0 Å². The average Bonchev–Trinajstić information content (AvgIpc) is 2.83. The van der Waals surface area contributed by atoms with Crippen molar-refractivity contribution < 1.29 is 4.42 Å². The molecule has 3 heteroatoms. The Kier molecular flexibility index (Phi) is 4.24. The highest BCUT2D eigenvalue weighted by Crippen LogP contribution is 2.24. The van der Waals surface area contributed by atoms with E-state index in [4.69, 9.17) is 16.0 Å². The molecule has 17 heavy (non-hydrogen) atoms. The minimum atomic E-state index is 0.146. The fourth-order valence-electron chi connectivity index (χ4n) is 1.84. The summed E-state index contributed by atoms with van der Waals surface area (Å²) in [5.74, 6) is 0. The largest absolute Gasteiger partial charge is 0.472 e. The molecule has 1 unspecified atom stereocenters. The van der Waals surface area contributed by atoms with E-state index in [1.165, 1.54) is 0 Å². The molecule has 1 atom stereocenters. The highest BCUT2D eigenvalue weighted by molar-refractivity contribution is 6.30. The van der Waals surface area contributed by atoms with Crippen molar-refractivity contribution in [1.82, 2.24) is 5.32 Å². The molecule has 0 saturated carbocycles. The van der Waals surface area contributed by atoms with Gasteiger partial charge in [-0.2, -0.15) is 0 Å². The zero-order valence-corrected chi connectivity index (χ0v) is 10.6. The van der Waals surface area contributed by atoms with Gasteiger partial charge in [0.05, 0.1) is 18.6 Å². The molecule has 0 fully saturated rings. The molecule has 1 N–H and O–H groups in total. The molecule has 1 aromatic heterocycles. The molecule has 2 nitrogen and oxygen atoms in total. The molecule has 0 bridgehead atoms. The predicted octanol–water partition coefficient (Wildman–Crippen LogP) is 4.02. The van der Waals surface area contributed by atoms with Crippen molar-refractivity contribution in [1.29, 1.82) is 0 Å². The molecule has 2 aromatic rings. The molecule has 1 heterocycles. The lowest BCUT2D eigenvalue weighted by atomic mass is 10.0. The maximum Gasteiger partial charge on any atom is 0.0953 e. The van der Waals surface area contributed by atoms with E-state index in [9.17, 15) is 0 Å². The van der Waals surface area contributed by atoms with Crippen LogP contribution in [0.3, 0.4) is 0 Å². The molecule has 0 aliphatic carbocycles. The van der Waals surface area contributed by atoms with Gasteiger partial charge in [-0.1, -0.05) is 30.7 Å². The number of nitrogens with one attached hydrogen (secondary N) is 1. The summed E-state index contributed by atoms with van der Waals surface area (Å²) in [5, 5.41) is 4.26. The van der Waals surface area contributed by atoms with E-state index in [0.717, 1.165) is 29.1 Å². The summed E-state index contributed by atoms with van der Waals surface area (Å²) in [6.07, 6.45) is 4.56. The van der Waals surface area contributed by atoms with Crippen molar-refractivity contribution in [2.24, 2.45) is 0 Å². The van der Waals surface area contributed by atoms with Crippen LogP contribution in [0.25, 0.3) is 0 Å². The summed E-state index contributed by atoms with van der Waals surface area (Å²) in [6.45, 7) is 3.11. The van der Waals surface area contributed by atoms with Crippen molar-refractivity contribution in [3.63, 3.8) is 0 Å². The van der Waals surface area contributed by atoms with Gasteiger partial charge in [0.2, 0.25) is 0 Å². The summed E-state index contributed by atoms with van der Waals surface area (Å²) < 4.78 is 5.15. The Morgan fingerprint density at radius 1 is 1.29 bits per heavy atom. The average molecular weight is 250 g/mol. The first kappa shape index (κ1) is 12.2. The number of hydrogen-bond acceptors (Lipinski definition) is 2. The van der Waals surface area contributed by atoms with E-state index in [1.807, 2.05) is 24.3 Å². The number of furan rings is 1. The summed E-state index contributed by atoms with van der Waals surface area (Å²) >= 11 is 6.03. The van der Waals surface area contributed by atoms with Gasteiger partial charge in [-0.25, -0.2) is 0 Å². The fraction of sp³-hybridized carbons (Fsp3) is 0.286. The summed E-state index contributed by atoms with van der Waals surface area (Å²) in [4.78, 5) is 0. The lowest BCUT2D eigenvalue weighted by molar-refractivity contribution is 0.548. The van der Waals surface area contributed by atoms with Gasteiger partial charge < -0.3 is 9.73 Å². The molecule has 0 amide bonds. The lowest BCUT2D eigenvalue weighted by Crippen LogP contribution is -2.22. The van der Waals surface area contributed by atoms with E-state index >= 15 is 0 Å². The third-order valence-electron chi connectivity index (χ3n) is 2.66. The quantitative estimate of drug-likeness (QED) is 0.866. The predicted molar refractivity (Wildman–Crippen MR) is 70.3 cm³/mol. The smallest absolute Gasteiger partial charge is 0.0953 e.